The molecule has 72 valence electrons. The Morgan fingerprint density at radius 2 is 2.31 bits per heavy atom. The van der Waals surface area contributed by atoms with Crippen molar-refractivity contribution in [1.82, 2.24) is 4.98 Å². The van der Waals surface area contributed by atoms with Gasteiger partial charge in [0.1, 0.15) is 5.60 Å². The number of hydrogen-bond donors (Lipinski definition) is 1. The maximum Gasteiger partial charge on any atom is 0.109 e. The van der Waals surface area contributed by atoms with E-state index in [1.54, 1.807) is 13.3 Å². The predicted octanol–water partition coefficient (Wildman–Crippen LogP) is 1.33. The van der Waals surface area contributed by atoms with Crippen LogP contribution in [0.3, 0.4) is 0 Å². The highest BCUT2D eigenvalue weighted by atomic mass is 16.5. The van der Waals surface area contributed by atoms with Crippen LogP contribution in [0.4, 0.5) is 0 Å². The largest absolute Gasteiger partial charge is 0.396 e. The first-order chi connectivity index (χ1) is 6.23. The monoisotopic (exact) mass is 181 g/mol. The highest BCUT2D eigenvalue weighted by Gasteiger charge is 2.26. The molecule has 0 amide bonds. The van der Waals surface area contributed by atoms with Crippen LogP contribution in [0.2, 0.25) is 0 Å². The molecule has 1 atom stereocenters. The van der Waals surface area contributed by atoms with Crippen molar-refractivity contribution < 1.29 is 9.84 Å². The predicted molar refractivity (Wildman–Crippen MR) is 50.3 cm³/mol. The van der Waals surface area contributed by atoms with Gasteiger partial charge in [0, 0.05) is 26.3 Å². The lowest BCUT2D eigenvalue weighted by molar-refractivity contribution is -0.0207. The molecule has 13 heavy (non-hydrogen) atoms. The number of aliphatic hydroxyl groups excluding tert-OH is 1. The second-order valence-electron chi connectivity index (χ2n) is 3.12. The molecule has 1 rings (SSSR count). The summed E-state index contributed by atoms with van der Waals surface area (Å²) in [7, 11) is 1.63. The van der Waals surface area contributed by atoms with E-state index in [0.717, 1.165) is 5.69 Å². The molecule has 0 saturated carbocycles. The normalized spacial score (nSPS) is 15.3. The Hall–Kier alpha value is -0.930. The number of pyridine rings is 1. The Bertz CT molecular complexity index is 250. The van der Waals surface area contributed by atoms with Gasteiger partial charge in [0.05, 0.1) is 5.69 Å². The standard InChI is InChI=1S/C10H15NO2/c1-10(13-2,6-8-12)9-5-3-4-7-11-9/h3-5,7,12H,6,8H2,1-2H3. The summed E-state index contributed by atoms with van der Waals surface area (Å²) in [6.45, 7) is 2.02. The van der Waals surface area contributed by atoms with E-state index in [2.05, 4.69) is 4.98 Å². The number of aromatic nitrogens is 1. The molecule has 0 aliphatic carbocycles. The molecule has 1 N–H and O–H groups in total. The molecule has 1 heterocycles. The fourth-order valence-corrected chi connectivity index (χ4v) is 1.22. The van der Waals surface area contributed by atoms with Crippen LogP contribution >= 0.6 is 0 Å². The van der Waals surface area contributed by atoms with Crippen molar-refractivity contribution in [2.24, 2.45) is 0 Å². The van der Waals surface area contributed by atoms with Crippen LogP contribution in [-0.2, 0) is 10.3 Å². The second-order valence-corrected chi connectivity index (χ2v) is 3.12. The fourth-order valence-electron chi connectivity index (χ4n) is 1.22. The average molecular weight is 181 g/mol. The van der Waals surface area contributed by atoms with Gasteiger partial charge in [-0.25, -0.2) is 0 Å². The molecule has 0 aliphatic rings. The molecule has 1 aromatic heterocycles. The first-order valence-electron chi connectivity index (χ1n) is 4.30. The Balaban J connectivity index is 2.89. The van der Waals surface area contributed by atoms with Gasteiger partial charge < -0.3 is 9.84 Å². The SMILES string of the molecule is COC(C)(CCO)c1ccccn1. The van der Waals surface area contributed by atoms with Gasteiger partial charge in [0.2, 0.25) is 0 Å². The number of aliphatic hydroxyl groups is 1. The maximum atomic E-state index is 8.89. The minimum Gasteiger partial charge on any atom is -0.396 e. The van der Waals surface area contributed by atoms with Crippen molar-refractivity contribution in [1.29, 1.82) is 0 Å². The minimum absolute atomic E-state index is 0.0981. The molecule has 0 spiro atoms. The molecular formula is C10H15NO2. The second kappa shape index (κ2) is 4.35. The van der Waals surface area contributed by atoms with Crippen LogP contribution in [0.25, 0.3) is 0 Å². The number of hydrogen-bond acceptors (Lipinski definition) is 3. The van der Waals surface area contributed by atoms with Gasteiger partial charge in [-0.1, -0.05) is 6.07 Å². The first-order valence-corrected chi connectivity index (χ1v) is 4.30. The smallest absolute Gasteiger partial charge is 0.109 e. The molecule has 0 fully saturated rings. The number of rotatable bonds is 4. The third-order valence-electron chi connectivity index (χ3n) is 2.25. The highest BCUT2D eigenvalue weighted by Crippen LogP contribution is 2.25. The molecule has 0 radical (unpaired) electrons. The zero-order valence-electron chi connectivity index (χ0n) is 8.03. The summed E-state index contributed by atoms with van der Waals surface area (Å²) in [5, 5.41) is 8.89. The van der Waals surface area contributed by atoms with Gasteiger partial charge >= 0.3 is 0 Å². The summed E-state index contributed by atoms with van der Waals surface area (Å²) in [6, 6.07) is 5.68. The fraction of sp³-hybridized carbons (Fsp3) is 0.500. The zero-order chi connectivity index (χ0) is 9.73. The lowest BCUT2D eigenvalue weighted by atomic mass is 9.97. The molecule has 0 aromatic carbocycles. The van der Waals surface area contributed by atoms with Crippen LogP contribution in [0.1, 0.15) is 19.0 Å². The van der Waals surface area contributed by atoms with E-state index in [1.807, 2.05) is 25.1 Å². The van der Waals surface area contributed by atoms with E-state index in [-0.39, 0.29) is 6.61 Å². The summed E-state index contributed by atoms with van der Waals surface area (Å²) in [6.07, 6.45) is 2.28. The Morgan fingerprint density at radius 1 is 1.54 bits per heavy atom. The zero-order valence-corrected chi connectivity index (χ0v) is 8.03. The lowest BCUT2D eigenvalue weighted by Gasteiger charge is -2.26. The molecule has 0 bridgehead atoms. The van der Waals surface area contributed by atoms with E-state index in [0.29, 0.717) is 6.42 Å². The number of nitrogens with zero attached hydrogens (tertiary/aromatic N) is 1. The Kier molecular flexibility index (Phi) is 3.39. The van der Waals surface area contributed by atoms with E-state index in [4.69, 9.17) is 9.84 Å². The van der Waals surface area contributed by atoms with Gasteiger partial charge in [0.25, 0.3) is 0 Å². The van der Waals surface area contributed by atoms with E-state index >= 15 is 0 Å². The van der Waals surface area contributed by atoms with Gasteiger partial charge in [-0.3, -0.25) is 4.98 Å². The Labute approximate surface area is 78.4 Å². The number of methoxy groups -OCH3 is 1. The van der Waals surface area contributed by atoms with Gasteiger partial charge in [0.15, 0.2) is 0 Å². The van der Waals surface area contributed by atoms with Crippen LogP contribution in [0, 0.1) is 0 Å². The average Bonchev–Trinajstić information content (AvgIpc) is 2.19. The minimum atomic E-state index is -0.476. The van der Waals surface area contributed by atoms with E-state index in [9.17, 15) is 0 Å². The summed E-state index contributed by atoms with van der Waals surface area (Å²) in [5.74, 6) is 0. The summed E-state index contributed by atoms with van der Waals surface area (Å²) >= 11 is 0. The van der Waals surface area contributed by atoms with E-state index < -0.39 is 5.60 Å². The van der Waals surface area contributed by atoms with Crippen molar-refractivity contribution >= 4 is 0 Å². The molecule has 1 unspecified atom stereocenters. The molecule has 3 nitrogen and oxygen atoms in total. The third-order valence-corrected chi connectivity index (χ3v) is 2.25. The molecular weight excluding hydrogens is 166 g/mol. The van der Waals surface area contributed by atoms with Crippen molar-refractivity contribution in [3.8, 4) is 0 Å². The van der Waals surface area contributed by atoms with Gasteiger partial charge in [-0.15, -0.1) is 0 Å². The number of ether oxygens (including phenoxy) is 1. The topological polar surface area (TPSA) is 42.4 Å². The van der Waals surface area contributed by atoms with E-state index in [1.165, 1.54) is 0 Å². The van der Waals surface area contributed by atoms with Crippen LogP contribution in [0.5, 0.6) is 0 Å². The van der Waals surface area contributed by atoms with Crippen molar-refractivity contribution in [2.75, 3.05) is 13.7 Å². The molecule has 3 heteroatoms. The Morgan fingerprint density at radius 3 is 2.77 bits per heavy atom. The third kappa shape index (κ3) is 2.26. The van der Waals surface area contributed by atoms with Gasteiger partial charge in [-0.05, 0) is 19.1 Å². The van der Waals surface area contributed by atoms with Crippen molar-refractivity contribution in [3.63, 3.8) is 0 Å². The van der Waals surface area contributed by atoms with Crippen LogP contribution in [-0.4, -0.2) is 23.8 Å². The quantitative estimate of drug-likeness (QED) is 0.761. The van der Waals surface area contributed by atoms with Crippen molar-refractivity contribution in [3.05, 3.63) is 30.1 Å². The summed E-state index contributed by atoms with van der Waals surface area (Å²) < 4.78 is 5.34. The lowest BCUT2D eigenvalue weighted by Crippen LogP contribution is -2.26. The molecule has 1 aromatic rings. The summed E-state index contributed by atoms with van der Waals surface area (Å²) in [4.78, 5) is 4.20. The maximum absolute atomic E-state index is 8.89. The summed E-state index contributed by atoms with van der Waals surface area (Å²) in [5.41, 5.74) is 0.377. The molecule has 0 saturated heterocycles. The molecule has 0 aliphatic heterocycles. The van der Waals surface area contributed by atoms with Gasteiger partial charge in [-0.2, -0.15) is 0 Å². The van der Waals surface area contributed by atoms with Crippen molar-refractivity contribution in [2.45, 2.75) is 18.9 Å². The van der Waals surface area contributed by atoms with Crippen LogP contribution < -0.4 is 0 Å². The highest BCUT2D eigenvalue weighted by molar-refractivity contribution is 5.12. The van der Waals surface area contributed by atoms with Crippen LogP contribution in [0.15, 0.2) is 24.4 Å². The first kappa shape index (κ1) is 10.2.